The Bertz CT molecular complexity index is 892. The molecule has 4 rings (SSSR count). The second-order valence-corrected chi connectivity index (χ2v) is 7.20. The molecule has 1 aromatic heterocycles. The van der Waals surface area contributed by atoms with Crippen LogP contribution in [0.2, 0.25) is 0 Å². The summed E-state index contributed by atoms with van der Waals surface area (Å²) in [7, 11) is 0. The van der Waals surface area contributed by atoms with E-state index in [1.165, 1.54) is 0 Å². The molecule has 0 radical (unpaired) electrons. The van der Waals surface area contributed by atoms with E-state index in [2.05, 4.69) is 16.9 Å². The summed E-state index contributed by atoms with van der Waals surface area (Å²) in [4.78, 5) is 7.61. The number of ether oxygens (including phenoxy) is 3. The molecule has 0 saturated carbocycles. The second kappa shape index (κ2) is 8.17. The smallest absolute Gasteiger partial charge is 0.200 e. The van der Waals surface area contributed by atoms with Gasteiger partial charge in [0, 0.05) is 23.9 Å². The molecule has 2 unspecified atom stereocenters. The molecule has 0 aliphatic carbocycles. The van der Waals surface area contributed by atoms with Gasteiger partial charge in [-0.05, 0) is 49.7 Å². The number of nitrogens with zero attached hydrogens (tertiary/aromatic N) is 1. The van der Waals surface area contributed by atoms with Crippen molar-refractivity contribution < 1.29 is 14.2 Å². The standard InChI is InChI=1S/C23H26N2O3/c1-3-7-22-16-26-23(28-22,14-19-15-24-17(2)25-19)18-10-12-21(13-11-18)27-20-8-5-4-6-9-20/h4-6,8-13,15,22H,3,7,14,16H2,1-2H3,(H,24,25). The molecule has 3 aromatic rings. The fourth-order valence-corrected chi connectivity index (χ4v) is 3.59. The summed E-state index contributed by atoms with van der Waals surface area (Å²) in [6.07, 6.45) is 4.60. The first-order valence-electron chi connectivity index (χ1n) is 9.82. The molecule has 1 fully saturated rings. The molecular weight excluding hydrogens is 352 g/mol. The first-order valence-corrected chi connectivity index (χ1v) is 9.82. The molecule has 0 spiro atoms. The first kappa shape index (κ1) is 18.7. The minimum Gasteiger partial charge on any atom is -0.457 e. The zero-order valence-corrected chi connectivity index (χ0v) is 16.4. The summed E-state index contributed by atoms with van der Waals surface area (Å²) in [6.45, 7) is 4.71. The summed E-state index contributed by atoms with van der Waals surface area (Å²) < 4.78 is 18.6. The second-order valence-electron chi connectivity index (χ2n) is 7.20. The number of hydrogen-bond donors (Lipinski definition) is 1. The van der Waals surface area contributed by atoms with Crippen molar-refractivity contribution in [3.8, 4) is 11.5 Å². The summed E-state index contributed by atoms with van der Waals surface area (Å²) in [5.41, 5.74) is 1.98. The van der Waals surface area contributed by atoms with Crippen molar-refractivity contribution in [2.75, 3.05) is 6.61 Å². The van der Waals surface area contributed by atoms with Gasteiger partial charge in [0.2, 0.25) is 5.79 Å². The van der Waals surface area contributed by atoms with Crippen molar-refractivity contribution in [1.82, 2.24) is 9.97 Å². The highest BCUT2D eigenvalue weighted by molar-refractivity contribution is 5.35. The highest BCUT2D eigenvalue weighted by atomic mass is 16.7. The molecule has 1 N–H and O–H groups in total. The molecule has 5 heteroatoms. The molecule has 2 atom stereocenters. The van der Waals surface area contributed by atoms with Gasteiger partial charge < -0.3 is 19.2 Å². The van der Waals surface area contributed by atoms with E-state index in [1.54, 1.807) is 0 Å². The SMILES string of the molecule is CCCC1COC(Cc2cnc(C)[nH]2)(c2ccc(Oc3ccccc3)cc2)O1. The highest BCUT2D eigenvalue weighted by Crippen LogP contribution is 2.39. The van der Waals surface area contributed by atoms with E-state index in [9.17, 15) is 0 Å². The number of aryl methyl sites for hydroxylation is 1. The Kier molecular flexibility index (Phi) is 5.46. The van der Waals surface area contributed by atoms with Gasteiger partial charge in [0.15, 0.2) is 0 Å². The third-order valence-electron chi connectivity index (χ3n) is 4.92. The number of benzene rings is 2. The van der Waals surface area contributed by atoms with Crippen LogP contribution in [0, 0.1) is 6.92 Å². The van der Waals surface area contributed by atoms with Crippen LogP contribution in [0.25, 0.3) is 0 Å². The molecular formula is C23H26N2O3. The lowest BCUT2D eigenvalue weighted by atomic mass is 10.0. The number of nitrogens with one attached hydrogen (secondary N) is 1. The van der Waals surface area contributed by atoms with Crippen LogP contribution in [0.4, 0.5) is 0 Å². The van der Waals surface area contributed by atoms with Crippen molar-refractivity contribution >= 4 is 0 Å². The van der Waals surface area contributed by atoms with Gasteiger partial charge in [0.05, 0.1) is 12.7 Å². The predicted molar refractivity (Wildman–Crippen MR) is 107 cm³/mol. The Morgan fingerprint density at radius 3 is 2.54 bits per heavy atom. The average molecular weight is 378 g/mol. The van der Waals surface area contributed by atoms with E-state index in [-0.39, 0.29) is 6.10 Å². The zero-order valence-electron chi connectivity index (χ0n) is 16.4. The number of rotatable bonds is 7. The number of aromatic amines is 1. The number of aromatic nitrogens is 2. The minimum absolute atomic E-state index is 0.106. The van der Waals surface area contributed by atoms with Crippen LogP contribution < -0.4 is 4.74 Å². The summed E-state index contributed by atoms with van der Waals surface area (Å²) >= 11 is 0. The molecule has 0 amide bonds. The van der Waals surface area contributed by atoms with Gasteiger partial charge in [-0.2, -0.15) is 0 Å². The lowest BCUT2D eigenvalue weighted by Gasteiger charge is -2.28. The quantitative estimate of drug-likeness (QED) is 0.620. The van der Waals surface area contributed by atoms with Crippen molar-refractivity contribution in [2.24, 2.45) is 0 Å². The highest BCUT2D eigenvalue weighted by Gasteiger charge is 2.43. The van der Waals surface area contributed by atoms with Gasteiger partial charge in [-0.25, -0.2) is 4.98 Å². The van der Waals surface area contributed by atoms with Gasteiger partial charge in [0.1, 0.15) is 17.3 Å². The lowest BCUT2D eigenvalue weighted by Crippen LogP contribution is -2.31. The molecule has 1 aliphatic heterocycles. The van der Waals surface area contributed by atoms with Crippen LogP contribution in [0.1, 0.15) is 36.8 Å². The molecule has 1 aliphatic rings. The largest absolute Gasteiger partial charge is 0.457 e. The van der Waals surface area contributed by atoms with E-state index in [1.807, 2.05) is 67.7 Å². The van der Waals surface area contributed by atoms with Crippen LogP contribution in [0.5, 0.6) is 11.5 Å². The van der Waals surface area contributed by atoms with Gasteiger partial charge in [-0.15, -0.1) is 0 Å². The maximum atomic E-state index is 6.44. The topological polar surface area (TPSA) is 56.4 Å². The third-order valence-corrected chi connectivity index (χ3v) is 4.92. The van der Waals surface area contributed by atoms with Crippen LogP contribution in [0.3, 0.4) is 0 Å². The first-order chi connectivity index (χ1) is 13.7. The Hall–Kier alpha value is -2.63. The monoisotopic (exact) mass is 378 g/mol. The predicted octanol–water partition coefficient (Wildman–Crippen LogP) is 5.12. The lowest BCUT2D eigenvalue weighted by molar-refractivity contribution is -0.177. The molecule has 2 aromatic carbocycles. The van der Waals surface area contributed by atoms with Crippen molar-refractivity contribution in [1.29, 1.82) is 0 Å². The summed E-state index contributed by atoms with van der Waals surface area (Å²) in [6, 6.07) is 17.7. The molecule has 5 nitrogen and oxygen atoms in total. The van der Waals surface area contributed by atoms with Crippen LogP contribution in [-0.2, 0) is 21.7 Å². The minimum atomic E-state index is -0.802. The van der Waals surface area contributed by atoms with Gasteiger partial charge in [0.25, 0.3) is 0 Å². The van der Waals surface area contributed by atoms with Crippen molar-refractivity contribution in [2.45, 2.75) is 45.0 Å². The van der Waals surface area contributed by atoms with Crippen molar-refractivity contribution in [3.05, 3.63) is 77.9 Å². The molecule has 146 valence electrons. The molecule has 1 saturated heterocycles. The van der Waals surface area contributed by atoms with Gasteiger partial charge >= 0.3 is 0 Å². The van der Waals surface area contributed by atoms with E-state index < -0.39 is 5.79 Å². The van der Waals surface area contributed by atoms with E-state index in [0.717, 1.165) is 41.4 Å². The van der Waals surface area contributed by atoms with Crippen LogP contribution >= 0.6 is 0 Å². The Morgan fingerprint density at radius 2 is 1.86 bits per heavy atom. The Morgan fingerprint density at radius 1 is 1.11 bits per heavy atom. The average Bonchev–Trinajstić information content (AvgIpc) is 3.30. The molecule has 0 bridgehead atoms. The Labute approximate surface area is 165 Å². The van der Waals surface area contributed by atoms with Gasteiger partial charge in [-0.3, -0.25) is 0 Å². The van der Waals surface area contributed by atoms with E-state index in [0.29, 0.717) is 13.0 Å². The molecule has 2 heterocycles. The van der Waals surface area contributed by atoms with Crippen LogP contribution in [0.15, 0.2) is 60.8 Å². The number of para-hydroxylation sites is 1. The maximum Gasteiger partial charge on any atom is 0.200 e. The Balaban J connectivity index is 1.57. The summed E-state index contributed by atoms with van der Waals surface area (Å²) in [5.74, 6) is 1.68. The third kappa shape index (κ3) is 4.11. The number of hydrogen-bond acceptors (Lipinski definition) is 4. The van der Waals surface area contributed by atoms with Crippen molar-refractivity contribution in [3.63, 3.8) is 0 Å². The fraction of sp³-hybridized carbons (Fsp3) is 0.348. The number of H-pyrrole nitrogens is 1. The van der Waals surface area contributed by atoms with E-state index >= 15 is 0 Å². The number of imidazole rings is 1. The maximum absolute atomic E-state index is 6.44. The fourth-order valence-electron chi connectivity index (χ4n) is 3.59. The zero-order chi connectivity index (χ0) is 19.4. The van der Waals surface area contributed by atoms with E-state index in [4.69, 9.17) is 14.2 Å². The van der Waals surface area contributed by atoms with Gasteiger partial charge in [-0.1, -0.05) is 31.5 Å². The normalized spacial score (nSPS) is 21.7. The molecule has 28 heavy (non-hydrogen) atoms. The van der Waals surface area contributed by atoms with Crippen LogP contribution in [-0.4, -0.2) is 22.7 Å². The summed E-state index contributed by atoms with van der Waals surface area (Å²) in [5, 5.41) is 0.